The molecule has 1 saturated carbocycles. The summed E-state index contributed by atoms with van der Waals surface area (Å²) in [5.74, 6) is 1.02. The molecule has 0 aromatic heterocycles. The molecule has 4 nitrogen and oxygen atoms in total. The molecule has 4 heteroatoms. The zero-order chi connectivity index (χ0) is 15.5. The largest absolute Gasteiger partial charge is 0.371 e. The molecule has 0 amide bonds. The lowest BCUT2D eigenvalue weighted by atomic mass is 9.93. The number of nitrogens with one attached hydrogen (secondary N) is 3. The van der Waals surface area contributed by atoms with Crippen molar-refractivity contribution in [3.63, 3.8) is 0 Å². The van der Waals surface area contributed by atoms with E-state index in [2.05, 4.69) is 58.6 Å². The maximum atomic E-state index is 4.89. The maximum Gasteiger partial charge on any atom is 0.142 e. The van der Waals surface area contributed by atoms with Gasteiger partial charge in [-0.2, -0.15) is 0 Å². The average molecular weight is 306 g/mol. The average Bonchev–Trinajstić information content (AvgIpc) is 3.05. The minimum Gasteiger partial charge on any atom is -0.371 e. The Morgan fingerprint density at radius 3 is 2.52 bits per heavy atom. The van der Waals surface area contributed by atoms with Crippen LogP contribution in [0.2, 0.25) is 0 Å². The van der Waals surface area contributed by atoms with Crippen molar-refractivity contribution >= 4 is 17.2 Å². The molecule has 1 heterocycles. The minimum atomic E-state index is -0.0436. The summed E-state index contributed by atoms with van der Waals surface area (Å²) in [7, 11) is 0. The van der Waals surface area contributed by atoms with E-state index in [1.54, 1.807) is 0 Å². The molecule has 1 aliphatic carbocycles. The van der Waals surface area contributed by atoms with E-state index in [1.807, 2.05) is 12.1 Å². The van der Waals surface area contributed by atoms with Crippen LogP contribution in [0.5, 0.6) is 0 Å². The normalized spacial score (nSPS) is 18.2. The van der Waals surface area contributed by atoms with Gasteiger partial charge in [-0.3, -0.25) is 0 Å². The monoisotopic (exact) mass is 306 g/mol. The van der Waals surface area contributed by atoms with Crippen molar-refractivity contribution in [2.75, 3.05) is 5.32 Å². The SMILES string of the molecule is c1ccc(CNNC2=Nc3ccccc3NC23CCCC3)cc1. The fourth-order valence-corrected chi connectivity index (χ4v) is 3.54. The number of rotatable bonds is 3. The zero-order valence-corrected chi connectivity index (χ0v) is 13.2. The topological polar surface area (TPSA) is 48.5 Å². The first-order valence-electron chi connectivity index (χ1n) is 8.35. The van der Waals surface area contributed by atoms with Crippen molar-refractivity contribution in [3.8, 4) is 0 Å². The second kappa shape index (κ2) is 6.05. The van der Waals surface area contributed by atoms with E-state index in [-0.39, 0.29) is 5.54 Å². The van der Waals surface area contributed by atoms with Crippen molar-refractivity contribution in [2.24, 2.45) is 4.99 Å². The van der Waals surface area contributed by atoms with Crippen LogP contribution in [0.25, 0.3) is 0 Å². The quantitative estimate of drug-likeness (QED) is 0.757. The lowest BCUT2D eigenvalue weighted by molar-refractivity contribution is 0.563. The Balaban J connectivity index is 1.53. The maximum absolute atomic E-state index is 4.89. The lowest BCUT2D eigenvalue weighted by Crippen LogP contribution is -2.55. The van der Waals surface area contributed by atoms with Crippen molar-refractivity contribution < 1.29 is 0 Å². The Kier molecular flexibility index (Phi) is 3.75. The molecule has 23 heavy (non-hydrogen) atoms. The van der Waals surface area contributed by atoms with Gasteiger partial charge in [0.05, 0.1) is 16.9 Å². The molecule has 0 unspecified atom stereocenters. The third kappa shape index (κ3) is 2.82. The number of nitrogens with zero attached hydrogens (tertiary/aromatic N) is 1. The van der Waals surface area contributed by atoms with E-state index in [0.29, 0.717) is 0 Å². The van der Waals surface area contributed by atoms with Crippen LogP contribution in [-0.4, -0.2) is 11.4 Å². The molecule has 2 aromatic carbocycles. The van der Waals surface area contributed by atoms with E-state index in [4.69, 9.17) is 4.99 Å². The van der Waals surface area contributed by atoms with Crippen molar-refractivity contribution in [1.82, 2.24) is 10.9 Å². The second-order valence-corrected chi connectivity index (χ2v) is 6.36. The number of fused-ring (bicyclic) bond motifs is 1. The summed E-state index contributed by atoms with van der Waals surface area (Å²) in [4.78, 5) is 4.89. The van der Waals surface area contributed by atoms with Crippen LogP contribution in [-0.2, 0) is 6.54 Å². The van der Waals surface area contributed by atoms with Crippen LogP contribution in [0.4, 0.5) is 11.4 Å². The van der Waals surface area contributed by atoms with Gasteiger partial charge in [-0.15, -0.1) is 0 Å². The summed E-state index contributed by atoms with van der Waals surface area (Å²) in [5.41, 5.74) is 10.1. The highest BCUT2D eigenvalue weighted by molar-refractivity contribution is 6.00. The Labute approximate surface area is 137 Å². The number of amidine groups is 1. The Morgan fingerprint density at radius 2 is 1.70 bits per heavy atom. The molecule has 118 valence electrons. The van der Waals surface area contributed by atoms with Crippen LogP contribution >= 0.6 is 0 Å². The van der Waals surface area contributed by atoms with Crippen LogP contribution in [0.1, 0.15) is 31.2 Å². The minimum absolute atomic E-state index is 0.0436. The molecule has 0 radical (unpaired) electrons. The van der Waals surface area contributed by atoms with E-state index in [9.17, 15) is 0 Å². The zero-order valence-electron chi connectivity index (χ0n) is 13.2. The Morgan fingerprint density at radius 1 is 0.957 bits per heavy atom. The highest BCUT2D eigenvalue weighted by atomic mass is 15.4. The van der Waals surface area contributed by atoms with Gasteiger partial charge in [0.25, 0.3) is 0 Å². The first-order valence-corrected chi connectivity index (χ1v) is 8.35. The smallest absolute Gasteiger partial charge is 0.142 e. The van der Waals surface area contributed by atoms with Gasteiger partial charge in [0.1, 0.15) is 5.84 Å². The molecular formula is C19H22N4. The summed E-state index contributed by atoms with van der Waals surface area (Å²) in [6.45, 7) is 0.775. The number of para-hydroxylation sites is 2. The van der Waals surface area contributed by atoms with Gasteiger partial charge in [0.15, 0.2) is 0 Å². The number of aliphatic imine (C=N–C) groups is 1. The van der Waals surface area contributed by atoms with E-state index in [0.717, 1.165) is 36.6 Å². The molecule has 1 fully saturated rings. The molecule has 2 aromatic rings. The third-order valence-electron chi connectivity index (χ3n) is 4.76. The lowest BCUT2D eigenvalue weighted by Gasteiger charge is -2.37. The van der Waals surface area contributed by atoms with Gasteiger partial charge in [-0.05, 0) is 30.5 Å². The summed E-state index contributed by atoms with van der Waals surface area (Å²) in [6.07, 6.45) is 4.74. The molecule has 3 N–H and O–H groups in total. The standard InChI is InChI=1S/C19H22N4/c1-2-8-15(9-3-1)14-20-23-18-19(12-6-7-13-19)22-17-11-5-4-10-16(17)21-18/h1-5,8-11,20,22H,6-7,12-14H2,(H,21,23). The highest BCUT2D eigenvalue weighted by Gasteiger charge is 2.41. The molecule has 2 aliphatic rings. The molecular weight excluding hydrogens is 284 g/mol. The van der Waals surface area contributed by atoms with E-state index in [1.165, 1.54) is 18.4 Å². The number of hydrazine groups is 1. The Bertz CT molecular complexity index is 702. The van der Waals surface area contributed by atoms with Gasteiger partial charge in [-0.1, -0.05) is 55.3 Å². The van der Waals surface area contributed by atoms with Gasteiger partial charge < -0.3 is 10.7 Å². The van der Waals surface area contributed by atoms with Gasteiger partial charge in [0.2, 0.25) is 0 Å². The molecule has 1 spiro atoms. The number of anilines is 1. The van der Waals surface area contributed by atoms with Crippen LogP contribution < -0.4 is 16.2 Å². The molecule has 0 atom stereocenters. The van der Waals surface area contributed by atoms with Gasteiger partial charge >= 0.3 is 0 Å². The second-order valence-electron chi connectivity index (χ2n) is 6.36. The molecule has 1 aliphatic heterocycles. The summed E-state index contributed by atoms with van der Waals surface area (Å²) < 4.78 is 0. The Hall–Kier alpha value is -2.33. The van der Waals surface area contributed by atoms with Crippen LogP contribution in [0.15, 0.2) is 59.6 Å². The number of hydrogen-bond acceptors (Lipinski definition) is 4. The molecule has 4 rings (SSSR count). The summed E-state index contributed by atoms with van der Waals surface area (Å²) >= 11 is 0. The van der Waals surface area contributed by atoms with Crippen molar-refractivity contribution in [3.05, 3.63) is 60.2 Å². The first-order chi connectivity index (χ1) is 11.4. The predicted molar refractivity (Wildman–Crippen MR) is 94.8 cm³/mol. The summed E-state index contributed by atoms with van der Waals surface area (Å²) in [5, 5.41) is 3.74. The van der Waals surface area contributed by atoms with Crippen LogP contribution in [0, 0.1) is 0 Å². The van der Waals surface area contributed by atoms with Gasteiger partial charge in [-0.25, -0.2) is 10.4 Å². The van der Waals surface area contributed by atoms with Crippen LogP contribution in [0.3, 0.4) is 0 Å². The van der Waals surface area contributed by atoms with E-state index < -0.39 is 0 Å². The molecule has 0 saturated heterocycles. The fraction of sp³-hybridized carbons (Fsp3) is 0.316. The molecule has 0 bridgehead atoms. The van der Waals surface area contributed by atoms with Crippen molar-refractivity contribution in [2.45, 2.75) is 37.8 Å². The predicted octanol–water partition coefficient (Wildman–Crippen LogP) is 3.75. The van der Waals surface area contributed by atoms with Crippen molar-refractivity contribution in [1.29, 1.82) is 0 Å². The van der Waals surface area contributed by atoms with E-state index >= 15 is 0 Å². The van der Waals surface area contributed by atoms with Gasteiger partial charge in [0, 0.05) is 6.54 Å². The highest BCUT2D eigenvalue weighted by Crippen LogP contribution is 2.40. The first kappa shape index (κ1) is 14.3. The summed E-state index contributed by atoms with van der Waals surface area (Å²) in [6, 6.07) is 18.7. The number of hydrogen-bond donors (Lipinski definition) is 3. The third-order valence-corrected chi connectivity index (χ3v) is 4.76. The fourth-order valence-electron chi connectivity index (χ4n) is 3.54. The number of benzene rings is 2.